The van der Waals surface area contributed by atoms with Crippen LogP contribution in [0.2, 0.25) is 0 Å². The van der Waals surface area contributed by atoms with E-state index < -0.39 is 0 Å². The Morgan fingerprint density at radius 1 is 1.07 bits per heavy atom. The van der Waals surface area contributed by atoms with Crippen LogP contribution in [0.5, 0.6) is 0 Å². The molecule has 1 saturated carbocycles. The van der Waals surface area contributed by atoms with Crippen LogP contribution < -0.4 is 16.0 Å². The lowest BCUT2D eigenvalue weighted by Gasteiger charge is -2.15. The van der Waals surface area contributed by atoms with Crippen LogP contribution in [-0.4, -0.2) is 11.9 Å². The van der Waals surface area contributed by atoms with Crippen LogP contribution in [-0.2, 0) is 4.79 Å². The van der Waals surface area contributed by atoms with Gasteiger partial charge in [-0.3, -0.25) is 4.79 Å². The third-order valence-electron chi connectivity index (χ3n) is 4.92. The van der Waals surface area contributed by atoms with Crippen LogP contribution in [0.4, 0.5) is 16.2 Å². The van der Waals surface area contributed by atoms with E-state index in [4.69, 9.17) is 4.42 Å². The molecule has 144 valence electrons. The maximum absolute atomic E-state index is 12.5. The van der Waals surface area contributed by atoms with Gasteiger partial charge in [0.05, 0.1) is 6.04 Å². The first kappa shape index (κ1) is 18.1. The number of furan rings is 1. The minimum Gasteiger partial charge on any atom is -0.459 e. The Morgan fingerprint density at radius 2 is 1.86 bits per heavy atom. The number of fused-ring (bicyclic) bond motifs is 1. The van der Waals surface area contributed by atoms with E-state index in [1.54, 1.807) is 6.07 Å². The molecule has 6 nitrogen and oxygen atoms in total. The number of benzene rings is 2. The van der Waals surface area contributed by atoms with E-state index >= 15 is 0 Å². The van der Waals surface area contributed by atoms with Crippen molar-refractivity contribution in [3.8, 4) is 0 Å². The van der Waals surface area contributed by atoms with Gasteiger partial charge in [-0.1, -0.05) is 24.3 Å². The SMILES string of the molecule is Cc1ccc(NC(=O)C2CC2)cc1NC(=O)N[C@H](C)c1cc2ccccc2o1. The van der Waals surface area contributed by atoms with E-state index in [-0.39, 0.29) is 23.9 Å². The standard InChI is InChI=1S/C22H23N3O3/c1-13-7-10-17(24-21(26)15-8-9-15)12-18(13)25-22(27)23-14(2)20-11-16-5-3-4-6-19(16)28-20/h3-7,10-12,14-15H,8-9H2,1-2H3,(H,24,26)(H2,23,25,27)/t14-/m1/s1. The highest BCUT2D eigenvalue weighted by Gasteiger charge is 2.29. The molecular weight excluding hydrogens is 354 g/mol. The molecule has 0 saturated heterocycles. The number of anilines is 2. The number of amides is 3. The van der Waals surface area contributed by atoms with E-state index in [9.17, 15) is 9.59 Å². The number of hydrogen-bond acceptors (Lipinski definition) is 3. The van der Waals surface area contributed by atoms with Gasteiger partial charge in [0.2, 0.25) is 5.91 Å². The molecule has 2 aromatic carbocycles. The molecule has 6 heteroatoms. The molecular formula is C22H23N3O3. The molecule has 1 heterocycles. The summed E-state index contributed by atoms with van der Waals surface area (Å²) in [6, 6.07) is 14.5. The lowest BCUT2D eigenvalue weighted by Crippen LogP contribution is -2.31. The Labute approximate surface area is 163 Å². The molecule has 28 heavy (non-hydrogen) atoms. The maximum Gasteiger partial charge on any atom is 0.319 e. The summed E-state index contributed by atoms with van der Waals surface area (Å²) in [4.78, 5) is 24.4. The molecule has 3 aromatic rings. The van der Waals surface area contributed by atoms with Gasteiger partial charge in [0.15, 0.2) is 0 Å². The summed E-state index contributed by atoms with van der Waals surface area (Å²) >= 11 is 0. The molecule has 0 radical (unpaired) electrons. The lowest BCUT2D eigenvalue weighted by molar-refractivity contribution is -0.117. The van der Waals surface area contributed by atoms with Crippen LogP contribution >= 0.6 is 0 Å². The summed E-state index contributed by atoms with van der Waals surface area (Å²) in [6.07, 6.45) is 1.90. The van der Waals surface area contributed by atoms with E-state index in [0.717, 1.165) is 29.4 Å². The highest BCUT2D eigenvalue weighted by molar-refractivity contribution is 5.96. The van der Waals surface area contributed by atoms with Crippen molar-refractivity contribution in [2.75, 3.05) is 10.6 Å². The second kappa shape index (κ2) is 7.38. The molecule has 1 aromatic heterocycles. The number of hydrogen-bond donors (Lipinski definition) is 3. The smallest absolute Gasteiger partial charge is 0.319 e. The highest BCUT2D eigenvalue weighted by Crippen LogP contribution is 2.31. The zero-order valence-corrected chi connectivity index (χ0v) is 15.9. The first-order valence-electron chi connectivity index (χ1n) is 9.47. The summed E-state index contributed by atoms with van der Waals surface area (Å²) < 4.78 is 5.81. The molecule has 0 unspecified atom stereocenters. The van der Waals surface area contributed by atoms with Crippen LogP contribution in [0.3, 0.4) is 0 Å². The lowest BCUT2D eigenvalue weighted by atomic mass is 10.1. The second-order valence-electron chi connectivity index (χ2n) is 7.30. The summed E-state index contributed by atoms with van der Waals surface area (Å²) in [5.41, 5.74) is 3.04. The molecule has 1 aliphatic carbocycles. The summed E-state index contributed by atoms with van der Waals surface area (Å²) in [5, 5.41) is 9.65. The maximum atomic E-state index is 12.5. The van der Waals surface area contributed by atoms with E-state index in [1.807, 2.05) is 56.3 Å². The van der Waals surface area contributed by atoms with Gasteiger partial charge in [0.1, 0.15) is 11.3 Å². The van der Waals surface area contributed by atoms with Gasteiger partial charge in [-0.25, -0.2) is 4.79 Å². The number of nitrogens with one attached hydrogen (secondary N) is 3. The second-order valence-corrected chi connectivity index (χ2v) is 7.30. The average Bonchev–Trinajstić information content (AvgIpc) is 3.43. The third-order valence-corrected chi connectivity index (χ3v) is 4.92. The molecule has 3 amide bonds. The van der Waals surface area contributed by atoms with Crippen molar-refractivity contribution in [3.05, 3.63) is 59.9 Å². The van der Waals surface area contributed by atoms with Crippen LogP contribution in [0, 0.1) is 12.8 Å². The number of rotatable bonds is 5. The first-order valence-corrected chi connectivity index (χ1v) is 9.47. The van der Waals surface area contributed by atoms with Gasteiger partial charge in [0.25, 0.3) is 0 Å². The molecule has 1 atom stereocenters. The zero-order valence-electron chi connectivity index (χ0n) is 15.9. The van der Waals surface area contributed by atoms with Crippen molar-refractivity contribution in [1.82, 2.24) is 5.32 Å². The number of aryl methyl sites for hydroxylation is 1. The molecule has 0 spiro atoms. The number of para-hydroxylation sites is 1. The quantitative estimate of drug-likeness (QED) is 0.587. The normalized spacial score (nSPS) is 14.5. The van der Waals surface area contributed by atoms with Gasteiger partial charge in [-0.2, -0.15) is 0 Å². The van der Waals surface area contributed by atoms with Gasteiger partial charge < -0.3 is 20.4 Å². The van der Waals surface area contributed by atoms with Gasteiger partial charge in [0, 0.05) is 22.7 Å². The number of urea groups is 1. The molecule has 1 aliphatic rings. The monoisotopic (exact) mass is 377 g/mol. The van der Waals surface area contributed by atoms with E-state index in [2.05, 4.69) is 16.0 Å². The fourth-order valence-corrected chi connectivity index (χ4v) is 3.07. The Balaban J connectivity index is 1.41. The Morgan fingerprint density at radius 3 is 2.61 bits per heavy atom. The fraction of sp³-hybridized carbons (Fsp3) is 0.273. The van der Waals surface area contributed by atoms with Crippen LogP contribution in [0.25, 0.3) is 11.0 Å². The Bertz CT molecular complexity index is 1000. The molecule has 3 N–H and O–H groups in total. The number of carbonyl (C=O) groups is 2. The topological polar surface area (TPSA) is 83.4 Å². The minimum atomic E-state index is -0.332. The van der Waals surface area contributed by atoms with Crippen LogP contribution in [0.15, 0.2) is 52.9 Å². The minimum absolute atomic E-state index is 0.0396. The van der Waals surface area contributed by atoms with Gasteiger partial charge in [-0.05, 0) is 56.5 Å². The first-order chi connectivity index (χ1) is 13.5. The predicted octanol–water partition coefficient (Wildman–Crippen LogP) is 4.97. The Hall–Kier alpha value is -3.28. The summed E-state index contributed by atoms with van der Waals surface area (Å²) in [7, 11) is 0. The largest absolute Gasteiger partial charge is 0.459 e. The molecule has 4 rings (SSSR count). The molecule has 0 bridgehead atoms. The third kappa shape index (κ3) is 4.01. The van der Waals surface area contributed by atoms with Crippen molar-refractivity contribution in [2.45, 2.75) is 32.7 Å². The van der Waals surface area contributed by atoms with E-state index in [0.29, 0.717) is 17.1 Å². The fourth-order valence-electron chi connectivity index (χ4n) is 3.07. The van der Waals surface area contributed by atoms with Gasteiger partial charge >= 0.3 is 6.03 Å². The molecule has 0 aliphatic heterocycles. The highest BCUT2D eigenvalue weighted by atomic mass is 16.3. The van der Waals surface area contributed by atoms with Crippen molar-refractivity contribution in [3.63, 3.8) is 0 Å². The zero-order chi connectivity index (χ0) is 19.7. The van der Waals surface area contributed by atoms with Gasteiger partial charge in [-0.15, -0.1) is 0 Å². The average molecular weight is 377 g/mol. The van der Waals surface area contributed by atoms with Crippen molar-refractivity contribution >= 4 is 34.3 Å². The molecule has 1 fully saturated rings. The summed E-state index contributed by atoms with van der Waals surface area (Å²) in [6.45, 7) is 3.78. The predicted molar refractivity (Wildman–Crippen MR) is 109 cm³/mol. The number of carbonyl (C=O) groups excluding carboxylic acids is 2. The summed E-state index contributed by atoms with van der Waals surface area (Å²) in [5.74, 6) is 0.863. The van der Waals surface area contributed by atoms with Crippen molar-refractivity contribution in [1.29, 1.82) is 0 Å². The Kier molecular flexibility index (Phi) is 4.77. The van der Waals surface area contributed by atoms with Crippen molar-refractivity contribution < 1.29 is 14.0 Å². The van der Waals surface area contributed by atoms with Crippen molar-refractivity contribution in [2.24, 2.45) is 5.92 Å². The van der Waals surface area contributed by atoms with E-state index in [1.165, 1.54) is 0 Å². The van der Waals surface area contributed by atoms with Crippen LogP contribution in [0.1, 0.15) is 37.1 Å².